The Hall–Kier alpha value is -1.57. The lowest BCUT2D eigenvalue weighted by atomic mass is 9.86. The molecule has 1 aromatic carbocycles. The molecule has 0 aliphatic heterocycles. The second-order valence-electron chi connectivity index (χ2n) is 4.82. The van der Waals surface area contributed by atoms with Crippen LogP contribution in [-0.2, 0) is 4.79 Å². The zero-order valence-corrected chi connectivity index (χ0v) is 10.5. The topological polar surface area (TPSA) is 20.3 Å². The lowest BCUT2D eigenvalue weighted by Crippen LogP contribution is -2.19. The second kappa shape index (κ2) is 5.17. The van der Waals surface area contributed by atoms with Crippen LogP contribution in [0.15, 0.2) is 42.1 Å². The van der Waals surface area contributed by atoms with Crippen molar-refractivity contribution in [2.45, 2.75) is 26.2 Å². The van der Waals surface area contributed by atoms with E-state index in [0.29, 0.717) is 12.2 Å². The van der Waals surface area contributed by atoms with Crippen LogP contribution in [0.2, 0.25) is 0 Å². The van der Waals surface area contributed by atoms with E-state index in [4.69, 9.17) is 0 Å². The Morgan fingerprint density at radius 1 is 1.29 bits per heavy atom. The predicted octanol–water partition coefficient (Wildman–Crippen LogP) is 3.40. The summed E-state index contributed by atoms with van der Waals surface area (Å²) in [5.74, 6) is 0.623. The van der Waals surface area contributed by atoms with Gasteiger partial charge in [-0.1, -0.05) is 25.1 Å². The van der Waals surface area contributed by atoms with Gasteiger partial charge < -0.3 is 4.90 Å². The number of carbonyl (C=O) groups excluding carboxylic acids is 1. The Morgan fingerprint density at radius 2 is 2.00 bits per heavy atom. The number of hydrogen-bond acceptors (Lipinski definition) is 2. The molecule has 0 saturated heterocycles. The van der Waals surface area contributed by atoms with E-state index in [-0.39, 0.29) is 5.92 Å². The summed E-state index contributed by atoms with van der Waals surface area (Å²) in [6.07, 6.45) is 4.77. The number of para-hydroxylation sites is 1. The van der Waals surface area contributed by atoms with Gasteiger partial charge in [-0.2, -0.15) is 0 Å². The Bertz CT molecular complexity index is 422. The van der Waals surface area contributed by atoms with Gasteiger partial charge in [0, 0.05) is 31.3 Å². The SMILES string of the molecule is CC1CCC(=CN(C)c2ccccc2)CC1=O. The summed E-state index contributed by atoms with van der Waals surface area (Å²) in [5, 5.41) is 0. The van der Waals surface area contributed by atoms with Crippen LogP contribution >= 0.6 is 0 Å². The largest absolute Gasteiger partial charge is 0.351 e. The van der Waals surface area contributed by atoms with E-state index in [0.717, 1.165) is 18.5 Å². The van der Waals surface area contributed by atoms with Gasteiger partial charge in [-0.25, -0.2) is 0 Å². The summed E-state index contributed by atoms with van der Waals surface area (Å²) in [6, 6.07) is 10.2. The summed E-state index contributed by atoms with van der Waals surface area (Å²) in [7, 11) is 2.03. The quantitative estimate of drug-likeness (QED) is 0.774. The summed E-state index contributed by atoms with van der Waals surface area (Å²) in [6.45, 7) is 2.03. The molecule has 0 N–H and O–H groups in total. The van der Waals surface area contributed by atoms with Gasteiger partial charge in [0.25, 0.3) is 0 Å². The van der Waals surface area contributed by atoms with Crippen molar-refractivity contribution in [2.24, 2.45) is 5.92 Å². The molecule has 2 rings (SSSR count). The van der Waals surface area contributed by atoms with Gasteiger partial charge in [0.05, 0.1) is 0 Å². The van der Waals surface area contributed by atoms with Gasteiger partial charge >= 0.3 is 0 Å². The van der Waals surface area contributed by atoms with Gasteiger partial charge in [-0.3, -0.25) is 4.79 Å². The standard InChI is InChI=1S/C15H19NO/c1-12-8-9-13(10-15(12)17)11-16(2)14-6-4-3-5-7-14/h3-7,11-12H,8-10H2,1-2H3. The van der Waals surface area contributed by atoms with E-state index < -0.39 is 0 Å². The van der Waals surface area contributed by atoms with Crippen molar-refractivity contribution in [3.05, 3.63) is 42.1 Å². The number of ketones is 1. The minimum Gasteiger partial charge on any atom is -0.351 e. The van der Waals surface area contributed by atoms with Crippen LogP contribution in [0.3, 0.4) is 0 Å². The minimum atomic E-state index is 0.245. The van der Waals surface area contributed by atoms with E-state index >= 15 is 0 Å². The smallest absolute Gasteiger partial charge is 0.139 e. The van der Waals surface area contributed by atoms with Crippen molar-refractivity contribution < 1.29 is 4.79 Å². The average Bonchev–Trinajstić information content (AvgIpc) is 2.35. The van der Waals surface area contributed by atoms with Gasteiger partial charge in [0.2, 0.25) is 0 Å². The summed E-state index contributed by atoms with van der Waals surface area (Å²) >= 11 is 0. The molecule has 0 heterocycles. The first-order valence-corrected chi connectivity index (χ1v) is 6.17. The van der Waals surface area contributed by atoms with Crippen molar-refractivity contribution in [1.29, 1.82) is 0 Å². The summed E-state index contributed by atoms with van der Waals surface area (Å²) < 4.78 is 0. The lowest BCUT2D eigenvalue weighted by molar-refractivity contribution is -0.122. The van der Waals surface area contributed by atoms with Crippen molar-refractivity contribution in [3.8, 4) is 0 Å². The monoisotopic (exact) mass is 229 g/mol. The Kier molecular flexibility index (Phi) is 3.62. The highest BCUT2D eigenvalue weighted by atomic mass is 16.1. The Labute approximate surface area is 103 Å². The fourth-order valence-corrected chi connectivity index (χ4v) is 2.17. The van der Waals surface area contributed by atoms with Crippen LogP contribution in [0.4, 0.5) is 5.69 Å². The summed E-state index contributed by atoms with van der Waals surface area (Å²) in [4.78, 5) is 13.8. The molecular weight excluding hydrogens is 210 g/mol. The number of carbonyl (C=O) groups is 1. The zero-order valence-electron chi connectivity index (χ0n) is 10.5. The predicted molar refractivity (Wildman–Crippen MR) is 71.0 cm³/mol. The number of rotatable bonds is 2. The van der Waals surface area contributed by atoms with Gasteiger partial charge in [-0.05, 0) is 30.5 Å². The number of Topliss-reactive ketones (excluding diaryl/α,β-unsaturated/α-hetero) is 1. The molecule has 1 unspecified atom stereocenters. The van der Waals surface area contributed by atoms with Crippen LogP contribution in [-0.4, -0.2) is 12.8 Å². The van der Waals surface area contributed by atoms with Gasteiger partial charge in [0.15, 0.2) is 0 Å². The lowest BCUT2D eigenvalue weighted by Gasteiger charge is -2.22. The molecule has 1 fully saturated rings. The van der Waals surface area contributed by atoms with Crippen molar-refractivity contribution in [1.82, 2.24) is 0 Å². The van der Waals surface area contributed by atoms with Crippen LogP contribution in [0.1, 0.15) is 26.2 Å². The maximum absolute atomic E-state index is 11.7. The number of nitrogens with zero attached hydrogens (tertiary/aromatic N) is 1. The molecule has 2 heteroatoms. The minimum absolute atomic E-state index is 0.245. The average molecular weight is 229 g/mol. The van der Waals surface area contributed by atoms with Crippen LogP contribution in [0.5, 0.6) is 0 Å². The number of allylic oxidation sites excluding steroid dienone is 1. The van der Waals surface area contributed by atoms with Crippen LogP contribution in [0, 0.1) is 5.92 Å². The van der Waals surface area contributed by atoms with Gasteiger partial charge in [0.1, 0.15) is 5.78 Å². The molecule has 1 aromatic rings. The highest BCUT2D eigenvalue weighted by molar-refractivity contribution is 5.84. The van der Waals surface area contributed by atoms with E-state index in [9.17, 15) is 4.79 Å². The molecule has 1 aliphatic rings. The van der Waals surface area contributed by atoms with E-state index in [1.54, 1.807) is 0 Å². The van der Waals surface area contributed by atoms with Crippen LogP contribution in [0.25, 0.3) is 0 Å². The summed E-state index contributed by atoms with van der Waals surface area (Å²) in [5.41, 5.74) is 2.41. The number of hydrogen-bond donors (Lipinski definition) is 0. The third kappa shape index (κ3) is 2.96. The van der Waals surface area contributed by atoms with Gasteiger partial charge in [-0.15, -0.1) is 0 Å². The molecule has 0 aromatic heterocycles. The first-order valence-electron chi connectivity index (χ1n) is 6.17. The van der Waals surface area contributed by atoms with Crippen molar-refractivity contribution in [2.75, 3.05) is 11.9 Å². The molecule has 0 amide bonds. The molecule has 1 atom stereocenters. The fraction of sp³-hybridized carbons (Fsp3) is 0.400. The second-order valence-corrected chi connectivity index (χ2v) is 4.82. The molecule has 2 nitrogen and oxygen atoms in total. The third-order valence-electron chi connectivity index (χ3n) is 3.39. The highest BCUT2D eigenvalue weighted by Gasteiger charge is 2.20. The molecule has 0 spiro atoms. The van der Waals surface area contributed by atoms with Crippen LogP contribution < -0.4 is 4.90 Å². The molecule has 1 saturated carbocycles. The molecule has 0 bridgehead atoms. The van der Waals surface area contributed by atoms with E-state index in [1.165, 1.54) is 5.57 Å². The molecule has 17 heavy (non-hydrogen) atoms. The maximum atomic E-state index is 11.7. The maximum Gasteiger partial charge on any atom is 0.139 e. The van der Waals surface area contributed by atoms with E-state index in [2.05, 4.69) is 23.2 Å². The molecule has 0 radical (unpaired) electrons. The molecule has 1 aliphatic carbocycles. The highest BCUT2D eigenvalue weighted by Crippen LogP contribution is 2.26. The van der Waals surface area contributed by atoms with Crippen molar-refractivity contribution >= 4 is 11.5 Å². The zero-order chi connectivity index (χ0) is 12.3. The molecular formula is C15H19NO. The Balaban J connectivity index is 2.07. The number of benzene rings is 1. The number of anilines is 1. The Morgan fingerprint density at radius 3 is 2.65 bits per heavy atom. The fourth-order valence-electron chi connectivity index (χ4n) is 2.17. The normalized spacial score (nSPS) is 22.8. The first-order chi connectivity index (χ1) is 8.16. The third-order valence-corrected chi connectivity index (χ3v) is 3.39. The van der Waals surface area contributed by atoms with E-state index in [1.807, 2.05) is 32.2 Å². The molecule has 90 valence electrons. The first kappa shape index (κ1) is 11.9. The van der Waals surface area contributed by atoms with Crippen molar-refractivity contribution in [3.63, 3.8) is 0 Å².